The number of nitrogen functional groups attached to an aromatic ring is 1. The standard InChI is InChI=1S/C26H17BrN2S.C20H12INS.C6H6BrN/c27-20-13-5-6-14-21(20)28-22-15-8-12-19-24-26(30-25(19)22)18-11-4-7-16-23(18)29(24)17-9-2-1-3-10-17;21-16-11-6-10-15-18-20(23-19(15)16)14-9-4-5-12-17(14)22(18)13-7-2-1-3-8-13;7-5-3-1-2-4-6(5)8/h1-16,28H;1-12H;1-4H,8H2. The maximum Gasteiger partial charge on any atom is 0.0728 e. The van der Waals surface area contributed by atoms with Crippen molar-refractivity contribution in [1.82, 2.24) is 9.13 Å². The Bertz CT molecular complexity index is 3500. The molecule has 296 valence electrons. The van der Waals surface area contributed by atoms with Crippen molar-refractivity contribution in [3.63, 3.8) is 0 Å². The molecule has 8 aromatic carbocycles. The zero-order valence-electron chi connectivity index (χ0n) is 32.4. The lowest BCUT2D eigenvalue weighted by molar-refractivity contribution is 1.19. The molecule has 3 N–H and O–H groups in total. The molecule has 4 nitrogen and oxygen atoms in total. The normalized spacial score (nSPS) is 11.3. The summed E-state index contributed by atoms with van der Waals surface area (Å²) >= 11 is 13.1. The number of thiophene rings is 2. The average Bonchev–Trinajstić information content (AvgIpc) is 4.05. The van der Waals surface area contributed by atoms with Crippen LogP contribution in [0.4, 0.5) is 17.1 Å². The van der Waals surface area contributed by atoms with Crippen molar-refractivity contribution >= 4 is 157 Å². The number of nitrogens with two attached hydrogens (primary N) is 1. The van der Waals surface area contributed by atoms with Crippen molar-refractivity contribution in [2.75, 3.05) is 11.1 Å². The highest BCUT2D eigenvalue weighted by molar-refractivity contribution is 14.1. The summed E-state index contributed by atoms with van der Waals surface area (Å²) < 4.78 is 13.5. The molecule has 9 heteroatoms. The van der Waals surface area contributed by atoms with E-state index in [1.807, 2.05) is 53.0 Å². The van der Waals surface area contributed by atoms with E-state index in [0.29, 0.717) is 0 Å². The second kappa shape index (κ2) is 17.1. The molecular formula is C52H35Br2IN4S2. The van der Waals surface area contributed by atoms with E-state index in [9.17, 15) is 0 Å². The quantitative estimate of drug-likeness (QED) is 0.136. The predicted octanol–water partition coefficient (Wildman–Crippen LogP) is 17.1. The number of hydrogen-bond acceptors (Lipinski definition) is 4. The maximum atomic E-state index is 5.47. The fraction of sp³-hybridized carbons (Fsp3) is 0. The fourth-order valence-electron chi connectivity index (χ4n) is 7.92. The van der Waals surface area contributed by atoms with Crippen molar-refractivity contribution < 1.29 is 0 Å². The van der Waals surface area contributed by atoms with Crippen molar-refractivity contribution in [3.8, 4) is 11.4 Å². The zero-order valence-corrected chi connectivity index (χ0v) is 39.4. The molecule has 4 aromatic heterocycles. The minimum Gasteiger partial charge on any atom is -0.398 e. The van der Waals surface area contributed by atoms with Gasteiger partial charge in [0.05, 0.1) is 52.2 Å². The molecule has 0 radical (unpaired) electrons. The number of halogens is 3. The van der Waals surface area contributed by atoms with Crippen molar-refractivity contribution in [3.05, 3.63) is 207 Å². The third-order valence-corrected chi connectivity index (χ3v) is 15.8. The summed E-state index contributed by atoms with van der Waals surface area (Å²) in [6, 6.07) is 67.6. The second-order valence-electron chi connectivity index (χ2n) is 14.4. The molecule has 0 aliphatic heterocycles. The van der Waals surface area contributed by atoms with Gasteiger partial charge in [0, 0.05) is 51.1 Å². The SMILES string of the molecule is Brc1ccccc1Nc1cccc2c1sc1c3ccccc3n(-c3ccccc3)c21.Ic1cccc2c1sc1c3ccccc3n(-c3ccccc3)c21.Nc1ccccc1Br. The second-order valence-corrected chi connectivity index (χ2v) is 19.3. The molecule has 0 amide bonds. The van der Waals surface area contributed by atoms with Crippen LogP contribution in [0.1, 0.15) is 0 Å². The number of hydrogen-bond donors (Lipinski definition) is 2. The van der Waals surface area contributed by atoms with Gasteiger partial charge in [-0.05, 0) is 127 Å². The van der Waals surface area contributed by atoms with Crippen LogP contribution in [-0.4, -0.2) is 9.13 Å². The van der Waals surface area contributed by atoms with E-state index < -0.39 is 0 Å². The summed E-state index contributed by atoms with van der Waals surface area (Å²) in [6.45, 7) is 0. The van der Waals surface area contributed by atoms with Crippen LogP contribution in [0.2, 0.25) is 0 Å². The third-order valence-electron chi connectivity index (χ3n) is 10.6. The molecule has 0 saturated heterocycles. The summed E-state index contributed by atoms with van der Waals surface area (Å²) in [5, 5.41) is 8.87. The van der Waals surface area contributed by atoms with Gasteiger partial charge in [0.15, 0.2) is 0 Å². The van der Waals surface area contributed by atoms with Gasteiger partial charge in [-0.1, -0.05) is 121 Å². The molecule has 4 heterocycles. The van der Waals surface area contributed by atoms with Crippen LogP contribution in [0.15, 0.2) is 203 Å². The minimum absolute atomic E-state index is 0.785. The van der Waals surface area contributed by atoms with Crippen LogP contribution in [0.3, 0.4) is 0 Å². The summed E-state index contributed by atoms with van der Waals surface area (Å²) in [7, 11) is 0. The number of anilines is 3. The van der Waals surface area contributed by atoms with E-state index in [2.05, 4.69) is 233 Å². The molecule has 0 aliphatic rings. The van der Waals surface area contributed by atoms with Crippen LogP contribution in [-0.2, 0) is 0 Å². The first-order chi connectivity index (χ1) is 30.0. The Morgan fingerprint density at radius 3 is 1.41 bits per heavy atom. The molecule has 0 fully saturated rings. The fourth-order valence-corrected chi connectivity index (χ4v) is 11.9. The average molecular weight is 1070 g/mol. The van der Waals surface area contributed by atoms with Crippen LogP contribution >= 0.6 is 77.1 Å². The molecule has 0 aliphatic carbocycles. The van der Waals surface area contributed by atoms with Crippen LogP contribution in [0.5, 0.6) is 0 Å². The lowest BCUT2D eigenvalue weighted by Crippen LogP contribution is -1.94. The van der Waals surface area contributed by atoms with Gasteiger partial charge in [-0.15, -0.1) is 22.7 Å². The highest BCUT2D eigenvalue weighted by Crippen LogP contribution is 2.46. The summed E-state index contributed by atoms with van der Waals surface area (Å²) in [5.41, 5.74) is 16.0. The van der Waals surface area contributed by atoms with Crippen LogP contribution in [0, 0.1) is 3.57 Å². The molecule has 12 rings (SSSR count). The number of benzene rings is 8. The van der Waals surface area contributed by atoms with Crippen LogP contribution < -0.4 is 11.1 Å². The lowest BCUT2D eigenvalue weighted by atomic mass is 10.2. The molecule has 0 bridgehead atoms. The van der Waals surface area contributed by atoms with Gasteiger partial charge in [0.25, 0.3) is 0 Å². The van der Waals surface area contributed by atoms with Crippen molar-refractivity contribution in [1.29, 1.82) is 0 Å². The Balaban J connectivity index is 0.000000127. The molecule has 0 spiro atoms. The first-order valence-corrected chi connectivity index (χ1v) is 23.9. The third kappa shape index (κ3) is 7.42. The van der Waals surface area contributed by atoms with Gasteiger partial charge in [-0.2, -0.15) is 0 Å². The molecule has 61 heavy (non-hydrogen) atoms. The summed E-state index contributed by atoms with van der Waals surface area (Å²) in [5.74, 6) is 0. The number of rotatable bonds is 4. The monoisotopic (exact) mass is 1060 g/mol. The van der Waals surface area contributed by atoms with E-state index in [0.717, 1.165) is 26.0 Å². The number of para-hydroxylation sites is 6. The summed E-state index contributed by atoms with van der Waals surface area (Å²) in [6.07, 6.45) is 0. The highest BCUT2D eigenvalue weighted by Gasteiger charge is 2.20. The Morgan fingerprint density at radius 1 is 0.410 bits per heavy atom. The van der Waals surface area contributed by atoms with E-state index >= 15 is 0 Å². The first kappa shape index (κ1) is 39.7. The van der Waals surface area contributed by atoms with Gasteiger partial charge < -0.3 is 20.2 Å². The van der Waals surface area contributed by atoms with Crippen LogP contribution in [0.25, 0.3) is 73.8 Å². The van der Waals surface area contributed by atoms with E-state index in [1.165, 1.54) is 77.4 Å². The van der Waals surface area contributed by atoms with Gasteiger partial charge in [-0.25, -0.2) is 0 Å². The molecular weight excluding hydrogens is 1030 g/mol. The first-order valence-electron chi connectivity index (χ1n) is 19.6. The number of nitrogens with one attached hydrogen (secondary N) is 1. The molecule has 0 unspecified atom stereocenters. The smallest absolute Gasteiger partial charge is 0.0728 e. The van der Waals surface area contributed by atoms with E-state index in [1.54, 1.807) is 0 Å². The van der Waals surface area contributed by atoms with Gasteiger partial charge >= 0.3 is 0 Å². The molecule has 12 aromatic rings. The van der Waals surface area contributed by atoms with Crippen molar-refractivity contribution in [2.24, 2.45) is 0 Å². The lowest BCUT2D eigenvalue weighted by Gasteiger charge is -2.10. The molecule has 0 saturated carbocycles. The highest BCUT2D eigenvalue weighted by atomic mass is 127. The Kier molecular flexibility index (Phi) is 11.2. The number of aromatic nitrogens is 2. The molecule has 0 atom stereocenters. The minimum atomic E-state index is 0.785. The Labute approximate surface area is 391 Å². The van der Waals surface area contributed by atoms with Gasteiger partial charge in [0.1, 0.15) is 0 Å². The topological polar surface area (TPSA) is 47.9 Å². The van der Waals surface area contributed by atoms with E-state index in [4.69, 9.17) is 5.73 Å². The number of fused-ring (bicyclic) bond motifs is 10. The van der Waals surface area contributed by atoms with Crippen molar-refractivity contribution in [2.45, 2.75) is 0 Å². The van der Waals surface area contributed by atoms with E-state index in [-0.39, 0.29) is 0 Å². The Morgan fingerprint density at radius 2 is 0.852 bits per heavy atom. The largest absolute Gasteiger partial charge is 0.398 e. The van der Waals surface area contributed by atoms with Gasteiger partial charge in [0.2, 0.25) is 0 Å². The summed E-state index contributed by atoms with van der Waals surface area (Å²) in [4.78, 5) is 0. The predicted molar refractivity (Wildman–Crippen MR) is 281 cm³/mol. The van der Waals surface area contributed by atoms with Gasteiger partial charge in [-0.3, -0.25) is 0 Å². The number of nitrogens with zero attached hydrogens (tertiary/aromatic N) is 2. The zero-order chi connectivity index (χ0) is 41.5. The Hall–Kier alpha value is -5.43. The maximum absolute atomic E-state index is 5.47.